The maximum absolute atomic E-state index is 13.2. The zero-order chi connectivity index (χ0) is 25.0. The van der Waals surface area contributed by atoms with Gasteiger partial charge in [0, 0.05) is 18.5 Å². The number of Topliss-reactive ketones (excluding diaryl/α,β-unsaturated/α-hetero) is 1. The van der Waals surface area contributed by atoms with Crippen LogP contribution in [0.1, 0.15) is 36.7 Å². The molecule has 1 aliphatic heterocycles. The molecule has 190 valence electrons. The third-order valence-corrected chi connectivity index (χ3v) is 8.05. The molecule has 1 aromatic carbocycles. The molecule has 1 aromatic heterocycles. The Morgan fingerprint density at radius 2 is 1.80 bits per heavy atom. The van der Waals surface area contributed by atoms with Gasteiger partial charge < -0.3 is 24.7 Å². The maximum atomic E-state index is 13.2. The summed E-state index contributed by atoms with van der Waals surface area (Å²) < 4.78 is 36.3. The molecular formula is C24H31N3O7S. The SMILES string of the molecule is CC[C@H](NC(=O)[C@H](CS(=O)(=O)CC1CC1)NC(=O)N1CCOCC1)C(=O)c1cc2ccccc2o1. The van der Waals surface area contributed by atoms with Gasteiger partial charge in [0.25, 0.3) is 0 Å². The molecule has 3 amide bonds. The molecule has 2 heterocycles. The number of furan rings is 1. The lowest BCUT2D eigenvalue weighted by molar-refractivity contribution is -0.123. The number of nitrogens with zero attached hydrogens (tertiary/aromatic N) is 1. The number of ether oxygens (including phenoxy) is 1. The molecule has 0 spiro atoms. The molecule has 1 saturated carbocycles. The Balaban J connectivity index is 1.48. The molecule has 10 nitrogen and oxygen atoms in total. The number of para-hydroxylation sites is 1. The topological polar surface area (TPSA) is 135 Å². The Morgan fingerprint density at radius 1 is 1.09 bits per heavy atom. The smallest absolute Gasteiger partial charge is 0.318 e. The van der Waals surface area contributed by atoms with E-state index in [0.717, 1.165) is 18.2 Å². The number of hydrogen-bond donors (Lipinski definition) is 2. The summed E-state index contributed by atoms with van der Waals surface area (Å²) in [5.41, 5.74) is 0.554. The molecular weight excluding hydrogens is 474 g/mol. The molecule has 0 radical (unpaired) electrons. The van der Waals surface area contributed by atoms with Gasteiger partial charge in [-0.25, -0.2) is 13.2 Å². The number of nitrogens with one attached hydrogen (secondary N) is 2. The van der Waals surface area contributed by atoms with Crippen LogP contribution >= 0.6 is 0 Å². The molecule has 2 N–H and O–H groups in total. The number of hydrogen-bond acceptors (Lipinski definition) is 7. The number of fused-ring (bicyclic) bond motifs is 1. The van der Waals surface area contributed by atoms with Crippen LogP contribution in [0.2, 0.25) is 0 Å². The van der Waals surface area contributed by atoms with Crippen LogP contribution in [0.3, 0.4) is 0 Å². The first kappa shape index (κ1) is 25.2. The van der Waals surface area contributed by atoms with Crippen molar-refractivity contribution in [2.24, 2.45) is 5.92 Å². The van der Waals surface area contributed by atoms with Gasteiger partial charge >= 0.3 is 6.03 Å². The van der Waals surface area contributed by atoms with Crippen molar-refractivity contribution in [3.05, 3.63) is 36.1 Å². The minimum atomic E-state index is -3.59. The predicted molar refractivity (Wildman–Crippen MR) is 129 cm³/mol. The van der Waals surface area contributed by atoms with Gasteiger partial charge in [0.05, 0.1) is 30.8 Å². The van der Waals surface area contributed by atoms with Gasteiger partial charge in [-0.3, -0.25) is 9.59 Å². The molecule has 11 heteroatoms. The highest BCUT2D eigenvalue weighted by Gasteiger charge is 2.35. The van der Waals surface area contributed by atoms with Gasteiger partial charge in [0.15, 0.2) is 15.6 Å². The molecule has 35 heavy (non-hydrogen) atoms. The van der Waals surface area contributed by atoms with Gasteiger partial charge in [-0.15, -0.1) is 0 Å². The molecule has 2 atom stereocenters. The number of urea groups is 1. The van der Waals surface area contributed by atoms with Crippen LogP contribution in [-0.4, -0.2) is 80.9 Å². The van der Waals surface area contributed by atoms with Gasteiger partial charge in [-0.1, -0.05) is 25.1 Å². The number of carbonyl (C=O) groups is 3. The van der Waals surface area contributed by atoms with Gasteiger partial charge in [-0.05, 0) is 37.3 Å². The van der Waals surface area contributed by atoms with Crippen LogP contribution in [0.15, 0.2) is 34.7 Å². The number of rotatable bonds is 10. The monoisotopic (exact) mass is 505 g/mol. The van der Waals surface area contributed by atoms with Crippen molar-refractivity contribution in [3.63, 3.8) is 0 Å². The Bertz CT molecular complexity index is 1150. The summed E-state index contributed by atoms with van der Waals surface area (Å²) in [4.78, 5) is 40.5. The third-order valence-electron chi connectivity index (χ3n) is 6.23. The molecule has 0 unspecified atom stereocenters. The van der Waals surface area contributed by atoms with Crippen LogP contribution in [-0.2, 0) is 19.4 Å². The van der Waals surface area contributed by atoms with E-state index in [1.807, 2.05) is 12.1 Å². The molecule has 1 saturated heterocycles. The Kier molecular flexibility index (Phi) is 7.75. The number of ketones is 1. The number of carbonyl (C=O) groups excluding carboxylic acids is 3. The third kappa shape index (κ3) is 6.61. The normalized spacial score (nSPS) is 18.1. The van der Waals surface area contributed by atoms with Gasteiger partial charge in [0.2, 0.25) is 11.7 Å². The molecule has 1 aliphatic carbocycles. The van der Waals surface area contributed by atoms with Crippen LogP contribution in [0.25, 0.3) is 11.0 Å². The lowest BCUT2D eigenvalue weighted by Gasteiger charge is -2.29. The molecule has 2 fully saturated rings. The predicted octanol–water partition coefficient (Wildman–Crippen LogP) is 1.75. The fourth-order valence-electron chi connectivity index (χ4n) is 4.06. The van der Waals surface area contributed by atoms with Gasteiger partial charge in [-0.2, -0.15) is 0 Å². The number of sulfone groups is 1. The van der Waals surface area contributed by atoms with Crippen LogP contribution in [0.4, 0.5) is 4.79 Å². The van der Waals surface area contributed by atoms with Crippen LogP contribution in [0, 0.1) is 5.92 Å². The van der Waals surface area contributed by atoms with E-state index in [4.69, 9.17) is 9.15 Å². The zero-order valence-corrected chi connectivity index (χ0v) is 20.5. The quantitative estimate of drug-likeness (QED) is 0.470. The fourth-order valence-corrected chi connectivity index (χ4v) is 5.99. The molecule has 2 aliphatic rings. The fraction of sp³-hybridized carbons (Fsp3) is 0.542. The number of amides is 3. The minimum absolute atomic E-state index is 0.0146. The first-order chi connectivity index (χ1) is 16.8. The minimum Gasteiger partial charge on any atom is -0.453 e. The molecule has 0 bridgehead atoms. The van der Waals surface area contributed by atoms with E-state index in [-0.39, 0.29) is 23.9 Å². The maximum Gasteiger partial charge on any atom is 0.318 e. The van der Waals surface area contributed by atoms with Crippen LogP contribution in [0.5, 0.6) is 0 Å². The highest BCUT2D eigenvalue weighted by atomic mass is 32.2. The van der Waals surface area contributed by atoms with E-state index in [9.17, 15) is 22.8 Å². The second kappa shape index (κ2) is 10.8. The summed E-state index contributed by atoms with van der Waals surface area (Å²) in [5.74, 6) is -1.47. The highest BCUT2D eigenvalue weighted by molar-refractivity contribution is 7.91. The Morgan fingerprint density at radius 3 is 2.46 bits per heavy atom. The number of morpholine rings is 1. The lowest BCUT2D eigenvalue weighted by Crippen LogP contribution is -2.57. The average molecular weight is 506 g/mol. The van der Waals surface area contributed by atoms with Crippen molar-refractivity contribution in [1.82, 2.24) is 15.5 Å². The first-order valence-corrected chi connectivity index (χ1v) is 13.7. The highest BCUT2D eigenvalue weighted by Crippen LogP contribution is 2.30. The summed E-state index contributed by atoms with van der Waals surface area (Å²) in [6.07, 6.45) is 1.96. The van der Waals surface area contributed by atoms with Crippen molar-refractivity contribution in [2.75, 3.05) is 37.8 Å². The molecule has 4 rings (SSSR count). The van der Waals surface area contributed by atoms with Crippen molar-refractivity contribution < 1.29 is 32.0 Å². The van der Waals surface area contributed by atoms with E-state index < -0.39 is 45.4 Å². The Hall–Kier alpha value is -2.92. The van der Waals surface area contributed by atoms with Crippen molar-refractivity contribution in [1.29, 1.82) is 0 Å². The van der Waals surface area contributed by atoms with E-state index in [1.54, 1.807) is 25.1 Å². The van der Waals surface area contributed by atoms with Crippen LogP contribution < -0.4 is 10.6 Å². The van der Waals surface area contributed by atoms with E-state index in [2.05, 4.69) is 10.6 Å². The number of benzene rings is 1. The standard InChI is InChI=1S/C24H31N3O7S/c1-2-18(22(28)21-13-17-5-3-4-6-20(17)34-21)25-23(29)19(15-35(31,32)14-16-7-8-16)26-24(30)27-9-11-33-12-10-27/h3-6,13,16,18-19H,2,7-12,14-15H2,1H3,(H,25,29)(H,26,30)/t18-,19-/m0/s1. The van der Waals surface area contributed by atoms with Crippen molar-refractivity contribution >= 4 is 38.5 Å². The first-order valence-electron chi connectivity index (χ1n) is 11.9. The summed E-state index contributed by atoms with van der Waals surface area (Å²) in [6, 6.07) is 6.00. The van der Waals surface area contributed by atoms with Gasteiger partial charge in [0.1, 0.15) is 11.6 Å². The lowest BCUT2D eigenvalue weighted by atomic mass is 10.1. The summed E-state index contributed by atoms with van der Waals surface area (Å²) >= 11 is 0. The van der Waals surface area contributed by atoms with E-state index in [1.165, 1.54) is 4.90 Å². The second-order valence-electron chi connectivity index (χ2n) is 9.10. The second-order valence-corrected chi connectivity index (χ2v) is 11.3. The zero-order valence-electron chi connectivity index (χ0n) is 19.7. The molecule has 2 aromatic rings. The van der Waals surface area contributed by atoms with Crippen molar-refractivity contribution in [2.45, 2.75) is 38.3 Å². The summed E-state index contributed by atoms with van der Waals surface area (Å²) in [7, 11) is -3.59. The Labute approximate surface area is 204 Å². The summed E-state index contributed by atoms with van der Waals surface area (Å²) in [5, 5.41) is 5.97. The van der Waals surface area contributed by atoms with E-state index in [0.29, 0.717) is 31.9 Å². The largest absolute Gasteiger partial charge is 0.453 e. The average Bonchev–Trinajstić information content (AvgIpc) is 3.54. The van der Waals surface area contributed by atoms with Crippen molar-refractivity contribution in [3.8, 4) is 0 Å². The summed E-state index contributed by atoms with van der Waals surface area (Å²) in [6.45, 7) is 3.16. The van der Waals surface area contributed by atoms with E-state index >= 15 is 0 Å².